The molecule has 1 N–H and O–H groups in total. The number of hydrogen-bond acceptors (Lipinski definition) is 4. The van der Waals surface area contributed by atoms with Gasteiger partial charge in [-0.25, -0.2) is 0 Å². The number of aryl methyl sites for hydroxylation is 1. The molecule has 2 amide bonds. The zero-order valence-electron chi connectivity index (χ0n) is 16.9. The molecule has 4 rings (SSSR count). The highest BCUT2D eigenvalue weighted by Crippen LogP contribution is 2.31. The van der Waals surface area contributed by atoms with E-state index in [1.807, 2.05) is 29.2 Å². The molecule has 0 bridgehead atoms. The molecule has 2 atom stereocenters. The van der Waals surface area contributed by atoms with Gasteiger partial charge in [-0.05, 0) is 37.5 Å². The third kappa shape index (κ3) is 4.48. The second-order valence-electron chi connectivity index (χ2n) is 7.97. The number of amides is 2. The van der Waals surface area contributed by atoms with Gasteiger partial charge in [-0.1, -0.05) is 35.9 Å². The summed E-state index contributed by atoms with van der Waals surface area (Å²) in [7, 11) is 0. The predicted molar refractivity (Wildman–Crippen MR) is 111 cm³/mol. The topological polar surface area (TPSA) is 65.5 Å². The number of piperazine rings is 1. The summed E-state index contributed by atoms with van der Waals surface area (Å²) in [6, 6.07) is 13.7. The molecule has 3 heterocycles. The predicted octanol–water partition coefficient (Wildman–Crippen LogP) is 2.44. The van der Waals surface area contributed by atoms with E-state index >= 15 is 0 Å². The van der Waals surface area contributed by atoms with Crippen LogP contribution in [0.25, 0.3) is 0 Å². The van der Waals surface area contributed by atoms with Crippen LogP contribution >= 0.6 is 0 Å². The van der Waals surface area contributed by atoms with Gasteiger partial charge in [0.15, 0.2) is 0 Å². The average Bonchev–Trinajstić information content (AvgIpc) is 3.21. The van der Waals surface area contributed by atoms with E-state index in [9.17, 15) is 9.59 Å². The Morgan fingerprint density at radius 3 is 2.90 bits per heavy atom. The second kappa shape index (κ2) is 8.74. The number of rotatable bonds is 5. The van der Waals surface area contributed by atoms with Crippen molar-refractivity contribution in [2.75, 3.05) is 19.6 Å². The molecule has 2 aliphatic rings. The normalized spacial score (nSPS) is 22.5. The molecular formula is C23H28N4O2. The van der Waals surface area contributed by atoms with Crippen molar-refractivity contribution in [2.24, 2.45) is 0 Å². The standard InChI is InChI=1S/C23H28N4O2/c1-17-6-4-7-18(14-17)16-26-13-11-25-23(29)21(26)15-22(28)27-12-5-9-20(27)19-8-2-3-10-24-19/h2-4,6-8,10,14,20-21H,5,9,11-13,15-16H2,1H3,(H,25,29)/t20-,21-/m1/s1. The lowest BCUT2D eigenvalue weighted by molar-refractivity contribution is -0.139. The number of carbonyl (C=O) groups excluding carboxylic acids is 2. The van der Waals surface area contributed by atoms with Crippen LogP contribution in [-0.4, -0.2) is 52.3 Å². The summed E-state index contributed by atoms with van der Waals surface area (Å²) < 4.78 is 0. The molecular weight excluding hydrogens is 364 g/mol. The van der Waals surface area contributed by atoms with E-state index < -0.39 is 6.04 Å². The summed E-state index contributed by atoms with van der Waals surface area (Å²) in [5, 5.41) is 2.93. The molecule has 2 saturated heterocycles. The molecule has 1 aromatic carbocycles. The van der Waals surface area contributed by atoms with Gasteiger partial charge in [0.1, 0.15) is 0 Å². The second-order valence-corrected chi connectivity index (χ2v) is 7.97. The number of nitrogens with one attached hydrogen (secondary N) is 1. The molecule has 0 saturated carbocycles. The number of aromatic nitrogens is 1. The van der Waals surface area contributed by atoms with Crippen molar-refractivity contribution >= 4 is 11.8 Å². The zero-order chi connectivity index (χ0) is 20.2. The summed E-state index contributed by atoms with van der Waals surface area (Å²) in [5.74, 6) is -0.0136. The van der Waals surface area contributed by atoms with Crippen molar-refractivity contribution in [1.82, 2.24) is 20.1 Å². The molecule has 2 fully saturated rings. The summed E-state index contributed by atoms with van der Waals surface area (Å²) in [5.41, 5.74) is 3.31. The average molecular weight is 393 g/mol. The van der Waals surface area contributed by atoms with E-state index in [1.165, 1.54) is 11.1 Å². The Balaban J connectivity index is 1.47. The van der Waals surface area contributed by atoms with Crippen LogP contribution in [-0.2, 0) is 16.1 Å². The lowest BCUT2D eigenvalue weighted by Crippen LogP contribution is -2.56. The monoisotopic (exact) mass is 392 g/mol. The molecule has 6 heteroatoms. The Labute approximate surface area is 171 Å². The fraction of sp³-hybridized carbons (Fsp3) is 0.435. The van der Waals surface area contributed by atoms with Gasteiger partial charge in [0.2, 0.25) is 11.8 Å². The molecule has 0 radical (unpaired) electrons. The summed E-state index contributed by atoms with van der Waals surface area (Å²) in [6.45, 7) is 4.85. The first-order valence-electron chi connectivity index (χ1n) is 10.4. The van der Waals surface area contributed by atoms with Crippen molar-refractivity contribution < 1.29 is 9.59 Å². The van der Waals surface area contributed by atoms with Gasteiger partial charge < -0.3 is 10.2 Å². The van der Waals surface area contributed by atoms with E-state index in [0.29, 0.717) is 13.1 Å². The van der Waals surface area contributed by atoms with Crippen molar-refractivity contribution in [3.63, 3.8) is 0 Å². The van der Waals surface area contributed by atoms with Gasteiger partial charge in [0, 0.05) is 32.4 Å². The first kappa shape index (κ1) is 19.6. The lowest BCUT2D eigenvalue weighted by Gasteiger charge is -2.36. The van der Waals surface area contributed by atoms with Crippen LogP contribution in [0.1, 0.15) is 42.1 Å². The Kier molecular flexibility index (Phi) is 5.90. The van der Waals surface area contributed by atoms with Crippen molar-refractivity contribution in [1.29, 1.82) is 0 Å². The molecule has 29 heavy (non-hydrogen) atoms. The number of carbonyl (C=O) groups is 2. The Morgan fingerprint density at radius 1 is 1.21 bits per heavy atom. The van der Waals surface area contributed by atoms with Crippen molar-refractivity contribution in [3.05, 3.63) is 65.5 Å². The van der Waals surface area contributed by atoms with Crippen LogP contribution in [0.2, 0.25) is 0 Å². The SMILES string of the molecule is Cc1cccc(CN2CCNC(=O)[C@H]2CC(=O)N2CCC[C@@H]2c2ccccn2)c1. The number of nitrogens with zero attached hydrogens (tertiary/aromatic N) is 3. The van der Waals surface area contributed by atoms with Gasteiger partial charge in [0.25, 0.3) is 0 Å². The van der Waals surface area contributed by atoms with Crippen molar-refractivity contribution in [2.45, 2.75) is 44.8 Å². The van der Waals surface area contributed by atoms with E-state index in [-0.39, 0.29) is 24.3 Å². The third-order valence-electron chi connectivity index (χ3n) is 5.88. The van der Waals surface area contributed by atoms with Gasteiger partial charge in [0.05, 0.1) is 24.2 Å². The Morgan fingerprint density at radius 2 is 2.10 bits per heavy atom. The number of likely N-dealkylation sites (tertiary alicyclic amines) is 1. The van der Waals surface area contributed by atoms with Crippen LogP contribution in [0.5, 0.6) is 0 Å². The van der Waals surface area contributed by atoms with Crippen LogP contribution in [0, 0.1) is 6.92 Å². The first-order chi connectivity index (χ1) is 14.1. The van der Waals surface area contributed by atoms with E-state index in [1.54, 1.807) is 6.20 Å². The van der Waals surface area contributed by atoms with Crippen LogP contribution in [0.4, 0.5) is 0 Å². The number of hydrogen-bond donors (Lipinski definition) is 1. The Bertz CT molecular complexity index is 870. The smallest absolute Gasteiger partial charge is 0.237 e. The number of benzene rings is 1. The maximum Gasteiger partial charge on any atom is 0.237 e. The highest BCUT2D eigenvalue weighted by Gasteiger charge is 2.36. The summed E-state index contributed by atoms with van der Waals surface area (Å²) in [6.07, 6.45) is 3.87. The van der Waals surface area contributed by atoms with E-state index in [4.69, 9.17) is 0 Å². The lowest BCUT2D eigenvalue weighted by atomic mass is 10.0. The zero-order valence-corrected chi connectivity index (χ0v) is 16.9. The van der Waals surface area contributed by atoms with E-state index in [0.717, 1.165) is 31.6 Å². The van der Waals surface area contributed by atoms with Gasteiger partial charge in [-0.2, -0.15) is 0 Å². The maximum absolute atomic E-state index is 13.2. The third-order valence-corrected chi connectivity index (χ3v) is 5.88. The van der Waals surface area contributed by atoms with Gasteiger partial charge >= 0.3 is 0 Å². The van der Waals surface area contributed by atoms with E-state index in [2.05, 4.69) is 40.3 Å². The van der Waals surface area contributed by atoms with Crippen LogP contribution < -0.4 is 5.32 Å². The minimum atomic E-state index is -0.429. The fourth-order valence-corrected chi connectivity index (χ4v) is 4.45. The highest BCUT2D eigenvalue weighted by molar-refractivity contribution is 5.89. The molecule has 2 aliphatic heterocycles. The van der Waals surface area contributed by atoms with Crippen LogP contribution in [0.3, 0.4) is 0 Å². The molecule has 0 unspecified atom stereocenters. The summed E-state index contributed by atoms with van der Waals surface area (Å²) in [4.78, 5) is 34.3. The summed E-state index contributed by atoms with van der Waals surface area (Å²) >= 11 is 0. The highest BCUT2D eigenvalue weighted by atomic mass is 16.2. The largest absolute Gasteiger partial charge is 0.353 e. The van der Waals surface area contributed by atoms with Gasteiger partial charge in [-0.3, -0.25) is 19.5 Å². The minimum Gasteiger partial charge on any atom is -0.353 e. The number of pyridine rings is 1. The molecule has 2 aromatic rings. The quantitative estimate of drug-likeness (QED) is 0.849. The van der Waals surface area contributed by atoms with Gasteiger partial charge in [-0.15, -0.1) is 0 Å². The Hall–Kier alpha value is -2.73. The first-order valence-corrected chi connectivity index (χ1v) is 10.4. The van der Waals surface area contributed by atoms with Crippen LogP contribution in [0.15, 0.2) is 48.7 Å². The minimum absolute atomic E-state index is 0.0144. The molecule has 6 nitrogen and oxygen atoms in total. The fourth-order valence-electron chi connectivity index (χ4n) is 4.45. The molecule has 0 spiro atoms. The molecule has 152 valence electrons. The molecule has 0 aliphatic carbocycles. The maximum atomic E-state index is 13.2. The van der Waals surface area contributed by atoms with Crippen molar-refractivity contribution in [3.8, 4) is 0 Å². The molecule has 1 aromatic heterocycles.